The second-order valence-corrected chi connectivity index (χ2v) is 7.82. The van der Waals surface area contributed by atoms with Gasteiger partial charge >= 0.3 is 0 Å². The third-order valence-electron chi connectivity index (χ3n) is 5.89. The summed E-state index contributed by atoms with van der Waals surface area (Å²) < 4.78 is 0. The molecule has 2 fully saturated rings. The first kappa shape index (κ1) is 17.9. The molecule has 2 N–H and O–H groups in total. The van der Waals surface area contributed by atoms with E-state index in [2.05, 4.69) is 34.1 Å². The standard InChI is InChI=1S/C20H32N2O2/c1-15(23)17-7-9-21(11-17)13-19-5-3-4-6-20(19)14-22-10-8-18(12-22)16(2)24/h3-6,15-18,23-24H,7-14H2,1-2H3. The molecule has 2 saturated heterocycles. The first-order chi connectivity index (χ1) is 11.5. The van der Waals surface area contributed by atoms with Crippen LogP contribution < -0.4 is 0 Å². The van der Waals surface area contributed by atoms with Gasteiger partial charge in [0.25, 0.3) is 0 Å². The number of hydrogen-bond acceptors (Lipinski definition) is 4. The molecule has 1 aromatic rings. The molecule has 0 spiro atoms. The van der Waals surface area contributed by atoms with Crippen LogP contribution in [0.5, 0.6) is 0 Å². The number of hydrogen-bond donors (Lipinski definition) is 2. The lowest BCUT2D eigenvalue weighted by Crippen LogP contribution is -2.26. The molecule has 3 rings (SSSR count). The molecule has 4 heteroatoms. The zero-order chi connectivity index (χ0) is 17.1. The van der Waals surface area contributed by atoms with Crippen molar-refractivity contribution in [3.8, 4) is 0 Å². The Labute approximate surface area is 146 Å². The quantitative estimate of drug-likeness (QED) is 0.837. The van der Waals surface area contributed by atoms with Gasteiger partial charge in [-0.2, -0.15) is 0 Å². The zero-order valence-corrected chi connectivity index (χ0v) is 15.1. The minimum Gasteiger partial charge on any atom is -0.393 e. The fourth-order valence-electron chi connectivity index (χ4n) is 4.15. The summed E-state index contributed by atoms with van der Waals surface area (Å²) in [4.78, 5) is 4.94. The molecule has 2 aliphatic heterocycles. The number of likely N-dealkylation sites (tertiary alicyclic amines) is 2. The van der Waals surface area contributed by atoms with Crippen LogP contribution >= 0.6 is 0 Å². The normalized spacial score (nSPS) is 28.3. The van der Waals surface area contributed by atoms with Gasteiger partial charge in [-0.15, -0.1) is 0 Å². The van der Waals surface area contributed by atoms with Crippen LogP contribution in [0.15, 0.2) is 24.3 Å². The Morgan fingerprint density at radius 3 is 1.62 bits per heavy atom. The SMILES string of the molecule is CC(O)C1CCN(Cc2ccccc2CN2CCC(C(C)O)C2)C1. The molecule has 2 heterocycles. The van der Waals surface area contributed by atoms with E-state index >= 15 is 0 Å². The highest BCUT2D eigenvalue weighted by molar-refractivity contribution is 5.27. The average molecular weight is 332 g/mol. The molecule has 4 nitrogen and oxygen atoms in total. The molecule has 0 radical (unpaired) electrons. The van der Waals surface area contributed by atoms with Gasteiger partial charge in [-0.3, -0.25) is 9.80 Å². The van der Waals surface area contributed by atoms with Gasteiger partial charge in [-0.1, -0.05) is 24.3 Å². The van der Waals surface area contributed by atoms with Crippen LogP contribution in [0.1, 0.15) is 37.8 Å². The molecule has 0 aromatic heterocycles. The summed E-state index contributed by atoms with van der Waals surface area (Å²) in [5, 5.41) is 19.6. The van der Waals surface area contributed by atoms with Gasteiger partial charge in [0.1, 0.15) is 0 Å². The first-order valence-electron chi connectivity index (χ1n) is 9.40. The van der Waals surface area contributed by atoms with E-state index in [0.29, 0.717) is 11.8 Å². The summed E-state index contributed by atoms with van der Waals surface area (Å²) in [6, 6.07) is 8.74. The van der Waals surface area contributed by atoms with E-state index in [1.54, 1.807) is 0 Å². The summed E-state index contributed by atoms with van der Waals surface area (Å²) in [6.07, 6.45) is 1.80. The molecule has 2 aliphatic rings. The predicted octanol–water partition coefficient (Wildman–Crippen LogP) is 2.09. The van der Waals surface area contributed by atoms with Crippen LogP contribution in [0.2, 0.25) is 0 Å². The van der Waals surface area contributed by atoms with Crippen molar-refractivity contribution in [3.05, 3.63) is 35.4 Å². The Balaban J connectivity index is 1.60. The van der Waals surface area contributed by atoms with Crippen molar-refractivity contribution < 1.29 is 10.2 Å². The third kappa shape index (κ3) is 4.37. The molecule has 134 valence electrons. The van der Waals surface area contributed by atoms with Crippen molar-refractivity contribution in [2.75, 3.05) is 26.2 Å². The van der Waals surface area contributed by atoms with Gasteiger partial charge in [-0.05, 0) is 62.7 Å². The van der Waals surface area contributed by atoms with Gasteiger partial charge < -0.3 is 10.2 Å². The van der Waals surface area contributed by atoms with Crippen LogP contribution in [0, 0.1) is 11.8 Å². The second kappa shape index (κ2) is 7.96. The maximum absolute atomic E-state index is 9.80. The zero-order valence-electron chi connectivity index (χ0n) is 15.1. The molecule has 0 saturated carbocycles. The predicted molar refractivity (Wildman–Crippen MR) is 96.6 cm³/mol. The molecule has 1 aromatic carbocycles. The summed E-state index contributed by atoms with van der Waals surface area (Å²) in [6.45, 7) is 9.94. The minimum atomic E-state index is -0.202. The maximum Gasteiger partial charge on any atom is 0.0552 e. The highest BCUT2D eigenvalue weighted by Crippen LogP contribution is 2.25. The van der Waals surface area contributed by atoms with Crippen LogP contribution in [0.4, 0.5) is 0 Å². The van der Waals surface area contributed by atoms with E-state index in [0.717, 1.165) is 52.1 Å². The van der Waals surface area contributed by atoms with Crippen molar-refractivity contribution in [3.63, 3.8) is 0 Å². The fourth-order valence-corrected chi connectivity index (χ4v) is 4.15. The van der Waals surface area contributed by atoms with E-state index in [1.807, 2.05) is 13.8 Å². The lowest BCUT2D eigenvalue weighted by molar-refractivity contribution is 0.126. The lowest BCUT2D eigenvalue weighted by Gasteiger charge is -2.22. The van der Waals surface area contributed by atoms with Crippen molar-refractivity contribution in [2.45, 2.75) is 52.0 Å². The molecule has 0 bridgehead atoms. The molecule has 0 aliphatic carbocycles. The molecular weight excluding hydrogens is 300 g/mol. The number of rotatable bonds is 6. The topological polar surface area (TPSA) is 46.9 Å². The van der Waals surface area contributed by atoms with E-state index in [-0.39, 0.29) is 12.2 Å². The van der Waals surface area contributed by atoms with Crippen molar-refractivity contribution >= 4 is 0 Å². The van der Waals surface area contributed by atoms with E-state index < -0.39 is 0 Å². The number of aliphatic hydroxyl groups is 2. The molecule has 24 heavy (non-hydrogen) atoms. The Bertz CT molecular complexity index is 485. The van der Waals surface area contributed by atoms with Gasteiger partial charge in [0.05, 0.1) is 12.2 Å². The van der Waals surface area contributed by atoms with E-state index in [4.69, 9.17) is 0 Å². The summed E-state index contributed by atoms with van der Waals surface area (Å²) in [5.41, 5.74) is 2.81. The first-order valence-corrected chi connectivity index (χ1v) is 9.40. The van der Waals surface area contributed by atoms with Gasteiger partial charge in [0.15, 0.2) is 0 Å². The average Bonchev–Trinajstić information content (AvgIpc) is 3.18. The van der Waals surface area contributed by atoms with Gasteiger partial charge in [0, 0.05) is 26.2 Å². The Morgan fingerprint density at radius 2 is 1.29 bits per heavy atom. The van der Waals surface area contributed by atoms with Gasteiger partial charge in [-0.25, -0.2) is 0 Å². The highest BCUT2D eigenvalue weighted by atomic mass is 16.3. The number of nitrogens with zero attached hydrogens (tertiary/aromatic N) is 2. The molecule has 0 amide bonds. The van der Waals surface area contributed by atoms with Gasteiger partial charge in [0.2, 0.25) is 0 Å². The van der Waals surface area contributed by atoms with E-state index in [9.17, 15) is 10.2 Å². The van der Waals surface area contributed by atoms with Crippen LogP contribution in [-0.4, -0.2) is 58.4 Å². The lowest BCUT2D eigenvalue weighted by atomic mass is 10.0. The number of benzene rings is 1. The second-order valence-electron chi connectivity index (χ2n) is 7.82. The summed E-state index contributed by atoms with van der Waals surface area (Å²) >= 11 is 0. The fraction of sp³-hybridized carbons (Fsp3) is 0.700. The van der Waals surface area contributed by atoms with Crippen LogP contribution in [0.25, 0.3) is 0 Å². The smallest absolute Gasteiger partial charge is 0.0552 e. The maximum atomic E-state index is 9.80. The summed E-state index contributed by atoms with van der Waals surface area (Å²) in [5.74, 6) is 0.838. The van der Waals surface area contributed by atoms with Crippen molar-refractivity contribution in [2.24, 2.45) is 11.8 Å². The third-order valence-corrected chi connectivity index (χ3v) is 5.89. The minimum absolute atomic E-state index is 0.202. The molecular formula is C20H32N2O2. The highest BCUT2D eigenvalue weighted by Gasteiger charge is 2.28. The monoisotopic (exact) mass is 332 g/mol. The Morgan fingerprint density at radius 1 is 0.875 bits per heavy atom. The van der Waals surface area contributed by atoms with E-state index in [1.165, 1.54) is 11.1 Å². The molecule has 4 atom stereocenters. The van der Waals surface area contributed by atoms with Crippen molar-refractivity contribution in [1.29, 1.82) is 0 Å². The summed E-state index contributed by atoms with van der Waals surface area (Å²) in [7, 11) is 0. The van der Waals surface area contributed by atoms with Crippen LogP contribution in [-0.2, 0) is 13.1 Å². The Kier molecular flexibility index (Phi) is 5.93. The van der Waals surface area contributed by atoms with Crippen LogP contribution in [0.3, 0.4) is 0 Å². The van der Waals surface area contributed by atoms with Crippen molar-refractivity contribution in [1.82, 2.24) is 9.80 Å². The Hall–Kier alpha value is -0.940. The largest absolute Gasteiger partial charge is 0.393 e. The molecule has 4 unspecified atom stereocenters. The number of aliphatic hydroxyl groups excluding tert-OH is 2.